The first-order chi connectivity index (χ1) is 5.24. The second-order valence-electron chi connectivity index (χ2n) is 2.64. The number of carbonyl (C=O) groups is 1. The molecule has 66 valence electrons. The Bertz CT molecular complexity index is 115. The monoisotopic (exact) mass is 158 g/mol. The number of nitrogens with two attached hydrogens (primary N) is 1. The number of hydrogen-bond acceptors (Lipinski definition) is 2. The molecule has 0 aliphatic heterocycles. The standard InChI is InChI=1S/C8H18N2O/c1-3-5-7(6-9)10-8(11)4-2/h7H,3-6,9H2,1-2H3,(H,10,11). The molecule has 0 bridgehead atoms. The summed E-state index contributed by atoms with van der Waals surface area (Å²) in [4.78, 5) is 10.9. The largest absolute Gasteiger partial charge is 0.352 e. The summed E-state index contributed by atoms with van der Waals surface area (Å²) in [6.07, 6.45) is 2.58. The first-order valence-corrected chi connectivity index (χ1v) is 4.24. The minimum Gasteiger partial charge on any atom is -0.352 e. The molecule has 0 aromatic rings. The first kappa shape index (κ1) is 10.4. The molecular formula is C8H18N2O. The molecule has 0 spiro atoms. The molecule has 0 heterocycles. The van der Waals surface area contributed by atoms with E-state index in [-0.39, 0.29) is 11.9 Å². The fraction of sp³-hybridized carbons (Fsp3) is 0.875. The maximum Gasteiger partial charge on any atom is 0.219 e. The summed E-state index contributed by atoms with van der Waals surface area (Å²) in [5.74, 6) is 0.0916. The van der Waals surface area contributed by atoms with Gasteiger partial charge in [-0.05, 0) is 6.42 Å². The van der Waals surface area contributed by atoms with Gasteiger partial charge in [0.15, 0.2) is 0 Å². The maximum absolute atomic E-state index is 10.9. The Hall–Kier alpha value is -0.570. The second-order valence-corrected chi connectivity index (χ2v) is 2.64. The van der Waals surface area contributed by atoms with Gasteiger partial charge in [-0.15, -0.1) is 0 Å². The van der Waals surface area contributed by atoms with Crippen LogP contribution in [-0.2, 0) is 4.79 Å². The second kappa shape index (κ2) is 6.16. The third-order valence-corrected chi connectivity index (χ3v) is 1.61. The summed E-state index contributed by atoms with van der Waals surface area (Å²) in [5, 5.41) is 2.85. The van der Waals surface area contributed by atoms with E-state index in [2.05, 4.69) is 12.2 Å². The molecule has 3 heteroatoms. The lowest BCUT2D eigenvalue weighted by molar-refractivity contribution is -0.121. The molecule has 0 aliphatic carbocycles. The van der Waals surface area contributed by atoms with Crippen LogP contribution in [0.3, 0.4) is 0 Å². The quantitative estimate of drug-likeness (QED) is 0.617. The lowest BCUT2D eigenvalue weighted by Crippen LogP contribution is -2.39. The summed E-state index contributed by atoms with van der Waals surface area (Å²) < 4.78 is 0. The zero-order valence-corrected chi connectivity index (χ0v) is 7.39. The highest BCUT2D eigenvalue weighted by atomic mass is 16.1. The van der Waals surface area contributed by atoms with Gasteiger partial charge in [-0.3, -0.25) is 4.79 Å². The van der Waals surface area contributed by atoms with E-state index in [9.17, 15) is 4.79 Å². The molecular weight excluding hydrogens is 140 g/mol. The van der Waals surface area contributed by atoms with Gasteiger partial charge in [-0.1, -0.05) is 20.3 Å². The summed E-state index contributed by atoms with van der Waals surface area (Å²) >= 11 is 0. The van der Waals surface area contributed by atoms with E-state index in [1.54, 1.807) is 0 Å². The smallest absolute Gasteiger partial charge is 0.219 e. The Morgan fingerprint density at radius 1 is 1.55 bits per heavy atom. The number of carbonyl (C=O) groups excluding carboxylic acids is 1. The summed E-state index contributed by atoms with van der Waals surface area (Å²) in [5.41, 5.74) is 5.45. The predicted molar refractivity (Wildman–Crippen MR) is 46.2 cm³/mol. The molecule has 1 atom stereocenters. The van der Waals surface area contributed by atoms with Crippen molar-refractivity contribution in [3.8, 4) is 0 Å². The number of hydrogen-bond donors (Lipinski definition) is 2. The molecule has 0 rings (SSSR count). The van der Waals surface area contributed by atoms with Crippen molar-refractivity contribution in [1.82, 2.24) is 5.32 Å². The highest BCUT2D eigenvalue weighted by molar-refractivity contribution is 5.75. The minimum absolute atomic E-state index is 0.0916. The third kappa shape index (κ3) is 4.79. The van der Waals surface area contributed by atoms with Crippen molar-refractivity contribution >= 4 is 5.91 Å². The van der Waals surface area contributed by atoms with Crippen LogP contribution >= 0.6 is 0 Å². The highest BCUT2D eigenvalue weighted by Crippen LogP contribution is 1.94. The van der Waals surface area contributed by atoms with Gasteiger partial charge in [-0.25, -0.2) is 0 Å². The zero-order chi connectivity index (χ0) is 8.69. The molecule has 0 saturated carbocycles. The van der Waals surface area contributed by atoms with Crippen LogP contribution in [0.15, 0.2) is 0 Å². The van der Waals surface area contributed by atoms with Crippen molar-refractivity contribution in [3.63, 3.8) is 0 Å². The molecule has 0 fully saturated rings. The summed E-state index contributed by atoms with van der Waals surface area (Å²) in [6.45, 7) is 4.47. The Kier molecular flexibility index (Phi) is 5.84. The molecule has 0 aromatic heterocycles. The van der Waals surface area contributed by atoms with Crippen LogP contribution in [0, 0.1) is 0 Å². The maximum atomic E-state index is 10.9. The topological polar surface area (TPSA) is 55.1 Å². The average molecular weight is 158 g/mol. The lowest BCUT2D eigenvalue weighted by atomic mass is 10.1. The fourth-order valence-electron chi connectivity index (χ4n) is 0.927. The number of rotatable bonds is 5. The van der Waals surface area contributed by atoms with Gasteiger partial charge in [0.1, 0.15) is 0 Å². The molecule has 1 unspecified atom stereocenters. The van der Waals surface area contributed by atoms with E-state index in [0.717, 1.165) is 12.8 Å². The normalized spacial score (nSPS) is 12.6. The molecule has 0 radical (unpaired) electrons. The van der Waals surface area contributed by atoms with Crippen molar-refractivity contribution in [2.75, 3.05) is 6.54 Å². The molecule has 1 amide bonds. The van der Waals surface area contributed by atoms with E-state index in [1.807, 2.05) is 6.92 Å². The zero-order valence-electron chi connectivity index (χ0n) is 7.39. The SMILES string of the molecule is CCCC(CN)NC(=O)CC. The van der Waals surface area contributed by atoms with Gasteiger partial charge in [-0.2, -0.15) is 0 Å². The van der Waals surface area contributed by atoms with E-state index in [4.69, 9.17) is 5.73 Å². The molecule has 0 aromatic carbocycles. The molecule has 3 nitrogen and oxygen atoms in total. The predicted octanol–water partition coefficient (Wildman–Crippen LogP) is 0.640. The molecule has 0 aliphatic rings. The minimum atomic E-state index is 0.0916. The van der Waals surface area contributed by atoms with Crippen LogP contribution in [0.2, 0.25) is 0 Å². The van der Waals surface area contributed by atoms with Gasteiger partial charge in [0.05, 0.1) is 0 Å². The lowest BCUT2D eigenvalue weighted by Gasteiger charge is -2.14. The van der Waals surface area contributed by atoms with Crippen LogP contribution in [0.4, 0.5) is 0 Å². The first-order valence-electron chi connectivity index (χ1n) is 4.24. The van der Waals surface area contributed by atoms with Crippen molar-refractivity contribution in [1.29, 1.82) is 0 Å². The van der Waals surface area contributed by atoms with Crippen LogP contribution in [0.5, 0.6) is 0 Å². The van der Waals surface area contributed by atoms with Gasteiger partial charge < -0.3 is 11.1 Å². The van der Waals surface area contributed by atoms with Crippen molar-refractivity contribution in [3.05, 3.63) is 0 Å². The summed E-state index contributed by atoms with van der Waals surface area (Å²) in [7, 11) is 0. The Balaban J connectivity index is 3.58. The van der Waals surface area contributed by atoms with E-state index in [0.29, 0.717) is 13.0 Å². The third-order valence-electron chi connectivity index (χ3n) is 1.61. The number of amides is 1. The van der Waals surface area contributed by atoms with Crippen molar-refractivity contribution in [2.45, 2.75) is 39.2 Å². The van der Waals surface area contributed by atoms with Crippen molar-refractivity contribution in [2.24, 2.45) is 5.73 Å². The van der Waals surface area contributed by atoms with Gasteiger partial charge in [0.25, 0.3) is 0 Å². The van der Waals surface area contributed by atoms with Crippen molar-refractivity contribution < 1.29 is 4.79 Å². The number of nitrogens with one attached hydrogen (secondary N) is 1. The Labute approximate surface area is 68.3 Å². The van der Waals surface area contributed by atoms with Gasteiger partial charge in [0.2, 0.25) is 5.91 Å². The van der Waals surface area contributed by atoms with Gasteiger partial charge in [0, 0.05) is 19.0 Å². The van der Waals surface area contributed by atoms with Gasteiger partial charge >= 0.3 is 0 Å². The molecule has 3 N–H and O–H groups in total. The van der Waals surface area contributed by atoms with Crippen LogP contribution in [-0.4, -0.2) is 18.5 Å². The van der Waals surface area contributed by atoms with Crippen LogP contribution in [0.1, 0.15) is 33.1 Å². The Morgan fingerprint density at radius 3 is 2.55 bits per heavy atom. The van der Waals surface area contributed by atoms with E-state index in [1.165, 1.54) is 0 Å². The van der Waals surface area contributed by atoms with E-state index < -0.39 is 0 Å². The molecule has 0 saturated heterocycles. The average Bonchev–Trinajstić information content (AvgIpc) is 2.03. The van der Waals surface area contributed by atoms with Crippen LogP contribution < -0.4 is 11.1 Å². The molecule has 11 heavy (non-hydrogen) atoms. The van der Waals surface area contributed by atoms with Crippen LogP contribution in [0.25, 0.3) is 0 Å². The highest BCUT2D eigenvalue weighted by Gasteiger charge is 2.06. The Morgan fingerprint density at radius 2 is 2.18 bits per heavy atom. The fourth-order valence-corrected chi connectivity index (χ4v) is 0.927. The van der Waals surface area contributed by atoms with E-state index >= 15 is 0 Å². The summed E-state index contributed by atoms with van der Waals surface area (Å²) in [6, 6.07) is 0.174.